The number of halogens is 1. The van der Waals surface area contributed by atoms with Crippen molar-refractivity contribution in [3.8, 4) is 6.07 Å². The minimum Gasteiger partial charge on any atom is -0.370 e. The standard InChI is InChI=1S/C22H23BrN4O2S/c23-18-3-1-4-19(13-18)25-21(28)15-30-16-22(29)27-10-2-9-26(11-12-27)20-7-5-17(14-24)6-8-20/h1,3-8,13H,2,9-12,15-16H2,(H,25,28). The molecule has 2 aromatic carbocycles. The minimum absolute atomic E-state index is 0.0666. The van der Waals surface area contributed by atoms with E-state index in [0.29, 0.717) is 17.9 Å². The molecule has 1 saturated heterocycles. The van der Waals surface area contributed by atoms with Crippen LogP contribution in [0.1, 0.15) is 12.0 Å². The largest absolute Gasteiger partial charge is 0.370 e. The highest BCUT2D eigenvalue weighted by atomic mass is 79.9. The van der Waals surface area contributed by atoms with Gasteiger partial charge in [0.15, 0.2) is 0 Å². The summed E-state index contributed by atoms with van der Waals surface area (Å²) in [7, 11) is 0. The second kappa shape index (κ2) is 11.0. The zero-order valence-corrected chi connectivity index (χ0v) is 18.9. The maximum absolute atomic E-state index is 12.6. The molecule has 2 amide bonds. The molecule has 0 spiro atoms. The van der Waals surface area contributed by atoms with Gasteiger partial charge < -0.3 is 15.1 Å². The Labute approximate surface area is 189 Å². The van der Waals surface area contributed by atoms with Crippen LogP contribution in [0.4, 0.5) is 11.4 Å². The van der Waals surface area contributed by atoms with Crippen molar-refractivity contribution < 1.29 is 9.59 Å². The van der Waals surface area contributed by atoms with Crippen LogP contribution in [0.3, 0.4) is 0 Å². The average molecular weight is 487 g/mol. The van der Waals surface area contributed by atoms with Gasteiger partial charge in [-0.2, -0.15) is 5.26 Å². The Hall–Kier alpha value is -2.50. The topological polar surface area (TPSA) is 76.4 Å². The number of nitrogens with zero attached hydrogens (tertiary/aromatic N) is 3. The van der Waals surface area contributed by atoms with Gasteiger partial charge in [-0.15, -0.1) is 11.8 Å². The third-order valence-corrected chi connectivity index (χ3v) is 6.19. The van der Waals surface area contributed by atoms with Gasteiger partial charge in [0, 0.05) is 42.0 Å². The number of carbonyl (C=O) groups excluding carboxylic acids is 2. The molecule has 0 unspecified atom stereocenters. The predicted molar refractivity (Wildman–Crippen MR) is 125 cm³/mol. The molecular formula is C22H23BrN4O2S. The Morgan fingerprint density at radius 3 is 2.60 bits per heavy atom. The molecule has 0 bridgehead atoms. The molecule has 1 aliphatic heterocycles. The zero-order chi connectivity index (χ0) is 21.3. The summed E-state index contributed by atoms with van der Waals surface area (Å²) in [6.45, 7) is 3.00. The molecule has 8 heteroatoms. The Kier molecular flexibility index (Phi) is 8.17. The van der Waals surface area contributed by atoms with Crippen molar-refractivity contribution in [1.82, 2.24) is 4.90 Å². The number of benzene rings is 2. The van der Waals surface area contributed by atoms with E-state index in [9.17, 15) is 9.59 Å². The summed E-state index contributed by atoms with van der Waals surface area (Å²) in [5, 5.41) is 11.8. The van der Waals surface area contributed by atoms with Crippen molar-refractivity contribution in [2.24, 2.45) is 0 Å². The Morgan fingerprint density at radius 2 is 1.87 bits per heavy atom. The van der Waals surface area contributed by atoms with Crippen molar-refractivity contribution >= 4 is 50.9 Å². The van der Waals surface area contributed by atoms with E-state index >= 15 is 0 Å². The SMILES string of the molecule is N#Cc1ccc(N2CCCN(C(=O)CSCC(=O)Nc3cccc(Br)c3)CC2)cc1. The predicted octanol–water partition coefficient (Wildman–Crippen LogP) is 3.73. The number of carbonyl (C=O) groups is 2. The van der Waals surface area contributed by atoms with Crippen LogP contribution >= 0.6 is 27.7 Å². The van der Waals surface area contributed by atoms with Crippen LogP contribution in [-0.4, -0.2) is 54.4 Å². The molecule has 0 atom stereocenters. The first kappa shape index (κ1) is 22.2. The molecule has 30 heavy (non-hydrogen) atoms. The lowest BCUT2D eigenvalue weighted by molar-refractivity contribution is -0.128. The van der Waals surface area contributed by atoms with E-state index in [-0.39, 0.29) is 17.6 Å². The Morgan fingerprint density at radius 1 is 1.07 bits per heavy atom. The highest BCUT2D eigenvalue weighted by molar-refractivity contribution is 9.10. The molecule has 156 valence electrons. The van der Waals surface area contributed by atoms with Crippen LogP contribution in [0.2, 0.25) is 0 Å². The summed E-state index contributed by atoms with van der Waals surface area (Å²) in [6.07, 6.45) is 0.889. The molecule has 0 aromatic heterocycles. The first-order valence-electron chi connectivity index (χ1n) is 9.71. The maximum Gasteiger partial charge on any atom is 0.234 e. The van der Waals surface area contributed by atoms with Crippen LogP contribution in [0.15, 0.2) is 53.0 Å². The second-order valence-corrected chi connectivity index (χ2v) is 8.83. The number of nitriles is 1. The van der Waals surface area contributed by atoms with E-state index in [0.717, 1.165) is 41.9 Å². The summed E-state index contributed by atoms with van der Waals surface area (Å²) in [4.78, 5) is 28.8. The highest BCUT2D eigenvalue weighted by Gasteiger charge is 2.19. The van der Waals surface area contributed by atoms with Crippen LogP contribution in [0.5, 0.6) is 0 Å². The van der Waals surface area contributed by atoms with Crippen LogP contribution in [0.25, 0.3) is 0 Å². The molecule has 0 saturated carbocycles. The van der Waals surface area contributed by atoms with Crippen molar-refractivity contribution in [3.63, 3.8) is 0 Å². The number of anilines is 2. The van der Waals surface area contributed by atoms with E-state index in [1.807, 2.05) is 53.4 Å². The summed E-state index contributed by atoms with van der Waals surface area (Å²) in [5.74, 6) is 0.484. The number of thioether (sulfide) groups is 1. The molecule has 3 rings (SSSR count). The number of hydrogen-bond donors (Lipinski definition) is 1. The molecule has 0 aliphatic carbocycles. The Balaban J connectivity index is 1.42. The van der Waals surface area contributed by atoms with Gasteiger partial charge in [0.2, 0.25) is 11.8 Å². The summed E-state index contributed by atoms with van der Waals surface area (Å²) < 4.78 is 0.902. The monoisotopic (exact) mass is 486 g/mol. The number of hydrogen-bond acceptors (Lipinski definition) is 5. The first-order valence-corrected chi connectivity index (χ1v) is 11.7. The molecule has 1 N–H and O–H groups in total. The summed E-state index contributed by atoms with van der Waals surface area (Å²) in [6, 6.07) is 17.1. The van der Waals surface area contributed by atoms with Crippen molar-refractivity contribution in [2.45, 2.75) is 6.42 Å². The minimum atomic E-state index is -0.117. The third-order valence-electron chi connectivity index (χ3n) is 4.78. The first-order chi connectivity index (χ1) is 14.5. The van der Waals surface area contributed by atoms with Crippen LogP contribution in [0, 0.1) is 11.3 Å². The number of rotatable bonds is 6. The van der Waals surface area contributed by atoms with Crippen molar-refractivity contribution in [3.05, 3.63) is 58.6 Å². The van der Waals surface area contributed by atoms with E-state index in [1.165, 1.54) is 11.8 Å². The van der Waals surface area contributed by atoms with Gasteiger partial charge in [-0.25, -0.2) is 0 Å². The summed E-state index contributed by atoms with van der Waals surface area (Å²) in [5.41, 5.74) is 2.45. The van der Waals surface area contributed by atoms with E-state index in [1.54, 1.807) is 0 Å². The fraction of sp³-hybridized carbons (Fsp3) is 0.318. The smallest absolute Gasteiger partial charge is 0.234 e. The fourth-order valence-corrected chi connectivity index (χ4v) is 4.37. The lowest BCUT2D eigenvalue weighted by Gasteiger charge is -2.23. The summed E-state index contributed by atoms with van der Waals surface area (Å²) >= 11 is 4.71. The zero-order valence-electron chi connectivity index (χ0n) is 16.5. The molecular weight excluding hydrogens is 464 g/mol. The van der Waals surface area contributed by atoms with Crippen LogP contribution in [-0.2, 0) is 9.59 Å². The molecule has 1 fully saturated rings. The van der Waals surface area contributed by atoms with Crippen LogP contribution < -0.4 is 10.2 Å². The molecule has 1 heterocycles. The van der Waals surface area contributed by atoms with Gasteiger partial charge >= 0.3 is 0 Å². The van der Waals surface area contributed by atoms with Gasteiger partial charge in [-0.05, 0) is 48.9 Å². The number of amides is 2. The molecule has 6 nitrogen and oxygen atoms in total. The van der Waals surface area contributed by atoms with E-state index < -0.39 is 0 Å². The van der Waals surface area contributed by atoms with Gasteiger partial charge in [-0.1, -0.05) is 22.0 Å². The number of nitrogens with one attached hydrogen (secondary N) is 1. The maximum atomic E-state index is 12.6. The molecule has 0 radical (unpaired) electrons. The molecule has 1 aliphatic rings. The van der Waals surface area contributed by atoms with E-state index in [4.69, 9.17) is 5.26 Å². The lowest BCUT2D eigenvalue weighted by Crippen LogP contribution is -2.36. The van der Waals surface area contributed by atoms with Crippen molar-refractivity contribution in [2.75, 3.05) is 47.9 Å². The van der Waals surface area contributed by atoms with Gasteiger partial charge in [-0.3, -0.25) is 9.59 Å². The van der Waals surface area contributed by atoms with Gasteiger partial charge in [0.05, 0.1) is 23.1 Å². The molecule has 2 aromatic rings. The van der Waals surface area contributed by atoms with E-state index in [2.05, 4.69) is 32.2 Å². The fourth-order valence-electron chi connectivity index (χ4n) is 3.26. The quantitative estimate of drug-likeness (QED) is 0.672. The third kappa shape index (κ3) is 6.51. The van der Waals surface area contributed by atoms with Gasteiger partial charge in [0.25, 0.3) is 0 Å². The van der Waals surface area contributed by atoms with Gasteiger partial charge in [0.1, 0.15) is 0 Å². The van der Waals surface area contributed by atoms with Crippen molar-refractivity contribution in [1.29, 1.82) is 5.26 Å². The Bertz CT molecular complexity index is 929. The average Bonchev–Trinajstić information content (AvgIpc) is 3.00. The second-order valence-electron chi connectivity index (χ2n) is 6.93. The normalized spacial score (nSPS) is 14.0. The lowest BCUT2D eigenvalue weighted by atomic mass is 10.2. The highest BCUT2D eigenvalue weighted by Crippen LogP contribution is 2.18.